The Bertz CT molecular complexity index is 553. The number of thiazole rings is 1. The normalized spacial score (nSPS) is 13.2. The van der Waals surface area contributed by atoms with Crippen molar-refractivity contribution in [2.45, 2.75) is 45.8 Å². The van der Waals surface area contributed by atoms with E-state index in [1.165, 1.54) is 0 Å². The quantitative estimate of drug-likeness (QED) is 0.924. The molecule has 1 aromatic carbocycles. The van der Waals surface area contributed by atoms with Crippen LogP contribution in [0.5, 0.6) is 5.75 Å². The summed E-state index contributed by atoms with van der Waals surface area (Å²) in [5.41, 5.74) is 8.15. The third-order valence-electron chi connectivity index (χ3n) is 3.09. The summed E-state index contributed by atoms with van der Waals surface area (Å²) in [5.74, 6) is 0.849. The van der Waals surface area contributed by atoms with Crippen LogP contribution < -0.4 is 10.5 Å². The van der Waals surface area contributed by atoms with Crippen LogP contribution in [0.15, 0.2) is 29.6 Å². The molecule has 0 bridgehead atoms. The first-order valence-corrected chi connectivity index (χ1v) is 7.67. The van der Waals surface area contributed by atoms with Gasteiger partial charge >= 0.3 is 0 Å². The zero-order chi connectivity index (χ0) is 14.8. The number of hydrogen-bond donors (Lipinski definition) is 1. The Morgan fingerprint density at radius 1 is 1.25 bits per heavy atom. The first-order valence-electron chi connectivity index (χ1n) is 6.79. The van der Waals surface area contributed by atoms with Gasteiger partial charge in [0.2, 0.25) is 0 Å². The first-order chi connectivity index (χ1) is 9.36. The summed E-state index contributed by atoms with van der Waals surface area (Å²) >= 11 is 1.65. The molecule has 1 heterocycles. The van der Waals surface area contributed by atoms with E-state index in [1.807, 2.05) is 31.2 Å². The second-order valence-corrected chi connectivity index (χ2v) is 6.97. The molecule has 0 aliphatic carbocycles. The molecule has 20 heavy (non-hydrogen) atoms. The van der Waals surface area contributed by atoms with Crippen LogP contribution >= 0.6 is 11.3 Å². The maximum Gasteiger partial charge on any atom is 0.140 e. The average Bonchev–Trinajstić information content (AvgIpc) is 2.85. The predicted molar refractivity (Wildman–Crippen MR) is 84.2 cm³/mol. The predicted octanol–water partition coefficient (Wildman–Crippen LogP) is 4.04. The number of ether oxygens (including phenoxy) is 1. The van der Waals surface area contributed by atoms with Crippen molar-refractivity contribution in [2.24, 2.45) is 5.73 Å². The molecule has 2 aromatic rings. The SMILES string of the molecule is C[C@H](N)c1ccc(OCc2nc(C(C)(C)C)cs2)cc1. The zero-order valence-corrected chi connectivity index (χ0v) is 13.3. The maximum absolute atomic E-state index is 5.82. The van der Waals surface area contributed by atoms with Gasteiger partial charge in [0.25, 0.3) is 0 Å². The van der Waals surface area contributed by atoms with Crippen LogP contribution in [0.25, 0.3) is 0 Å². The van der Waals surface area contributed by atoms with Crippen molar-refractivity contribution in [3.63, 3.8) is 0 Å². The van der Waals surface area contributed by atoms with Gasteiger partial charge in [0.15, 0.2) is 0 Å². The molecule has 0 aliphatic heterocycles. The molecule has 0 spiro atoms. The highest BCUT2D eigenvalue weighted by Crippen LogP contribution is 2.25. The smallest absolute Gasteiger partial charge is 0.140 e. The number of aromatic nitrogens is 1. The number of nitrogens with two attached hydrogens (primary N) is 1. The molecule has 0 fully saturated rings. The van der Waals surface area contributed by atoms with Crippen molar-refractivity contribution in [1.82, 2.24) is 4.98 Å². The van der Waals surface area contributed by atoms with E-state index in [-0.39, 0.29) is 11.5 Å². The molecule has 2 rings (SSSR count). The van der Waals surface area contributed by atoms with Gasteiger partial charge in [-0.15, -0.1) is 11.3 Å². The highest BCUT2D eigenvalue weighted by atomic mass is 32.1. The fourth-order valence-electron chi connectivity index (χ4n) is 1.73. The number of benzene rings is 1. The van der Waals surface area contributed by atoms with E-state index in [4.69, 9.17) is 10.5 Å². The van der Waals surface area contributed by atoms with Crippen molar-refractivity contribution in [2.75, 3.05) is 0 Å². The minimum atomic E-state index is 0.0531. The maximum atomic E-state index is 5.82. The standard InChI is InChI=1S/C16H22N2OS/c1-11(17)12-5-7-13(8-6-12)19-9-15-18-14(10-20-15)16(2,3)4/h5-8,10-11H,9,17H2,1-4H3/t11-/m0/s1. The van der Waals surface area contributed by atoms with Crippen LogP contribution in [0, 0.1) is 0 Å². The summed E-state index contributed by atoms with van der Waals surface area (Å²) in [6.07, 6.45) is 0. The summed E-state index contributed by atoms with van der Waals surface area (Å²) in [4.78, 5) is 4.62. The van der Waals surface area contributed by atoms with Gasteiger partial charge in [-0.05, 0) is 24.6 Å². The molecule has 0 saturated heterocycles. The topological polar surface area (TPSA) is 48.1 Å². The van der Waals surface area contributed by atoms with Crippen molar-refractivity contribution in [1.29, 1.82) is 0 Å². The molecule has 1 atom stereocenters. The molecule has 0 radical (unpaired) electrons. The Balaban J connectivity index is 1.96. The van der Waals surface area contributed by atoms with Crippen LogP contribution in [-0.4, -0.2) is 4.98 Å². The zero-order valence-electron chi connectivity index (χ0n) is 12.5. The largest absolute Gasteiger partial charge is 0.486 e. The summed E-state index contributed by atoms with van der Waals surface area (Å²) in [7, 11) is 0. The van der Waals surface area contributed by atoms with E-state index in [2.05, 4.69) is 31.1 Å². The number of nitrogens with zero attached hydrogens (tertiary/aromatic N) is 1. The molecule has 3 nitrogen and oxygen atoms in total. The van der Waals surface area contributed by atoms with Crippen LogP contribution in [-0.2, 0) is 12.0 Å². The Labute approximate surface area is 124 Å². The van der Waals surface area contributed by atoms with Crippen LogP contribution in [0.2, 0.25) is 0 Å². The molecule has 0 amide bonds. The Morgan fingerprint density at radius 3 is 2.40 bits per heavy atom. The average molecular weight is 290 g/mol. The summed E-state index contributed by atoms with van der Waals surface area (Å²) in [6.45, 7) is 8.98. The molecule has 0 unspecified atom stereocenters. The Hall–Kier alpha value is -1.39. The Kier molecular flexibility index (Phi) is 4.45. The van der Waals surface area contributed by atoms with Crippen molar-refractivity contribution >= 4 is 11.3 Å². The molecule has 108 valence electrons. The molecule has 4 heteroatoms. The Morgan fingerprint density at radius 2 is 1.90 bits per heavy atom. The van der Waals surface area contributed by atoms with Crippen molar-refractivity contribution in [3.8, 4) is 5.75 Å². The number of hydrogen-bond acceptors (Lipinski definition) is 4. The molecule has 0 aliphatic rings. The minimum Gasteiger partial charge on any atom is -0.486 e. The lowest BCUT2D eigenvalue weighted by Crippen LogP contribution is -2.11. The summed E-state index contributed by atoms with van der Waals surface area (Å²) < 4.78 is 5.76. The van der Waals surface area contributed by atoms with Crippen LogP contribution in [0.4, 0.5) is 0 Å². The highest BCUT2D eigenvalue weighted by molar-refractivity contribution is 7.09. The lowest BCUT2D eigenvalue weighted by atomic mass is 9.93. The molecule has 1 aromatic heterocycles. The second kappa shape index (κ2) is 5.94. The van der Waals surface area contributed by atoms with Gasteiger partial charge in [0.1, 0.15) is 17.4 Å². The molecular weight excluding hydrogens is 268 g/mol. The van der Waals surface area contributed by atoms with Gasteiger partial charge in [0, 0.05) is 16.8 Å². The van der Waals surface area contributed by atoms with E-state index in [9.17, 15) is 0 Å². The number of rotatable bonds is 4. The van der Waals surface area contributed by atoms with E-state index in [0.717, 1.165) is 22.0 Å². The lowest BCUT2D eigenvalue weighted by Gasteiger charge is -2.14. The third-order valence-corrected chi connectivity index (χ3v) is 3.91. The van der Waals surface area contributed by atoms with Crippen LogP contribution in [0.3, 0.4) is 0 Å². The van der Waals surface area contributed by atoms with Gasteiger partial charge < -0.3 is 10.5 Å². The van der Waals surface area contributed by atoms with E-state index in [0.29, 0.717) is 6.61 Å². The summed E-state index contributed by atoms with van der Waals surface area (Å²) in [5, 5.41) is 3.11. The highest BCUT2D eigenvalue weighted by Gasteiger charge is 2.17. The van der Waals surface area contributed by atoms with Gasteiger partial charge in [0.05, 0.1) is 5.69 Å². The van der Waals surface area contributed by atoms with E-state index in [1.54, 1.807) is 11.3 Å². The van der Waals surface area contributed by atoms with Gasteiger partial charge in [-0.2, -0.15) is 0 Å². The van der Waals surface area contributed by atoms with Gasteiger partial charge in [-0.1, -0.05) is 32.9 Å². The van der Waals surface area contributed by atoms with E-state index >= 15 is 0 Å². The molecule has 0 saturated carbocycles. The fraction of sp³-hybridized carbons (Fsp3) is 0.438. The summed E-state index contributed by atoms with van der Waals surface area (Å²) in [6, 6.07) is 7.97. The molecule has 2 N–H and O–H groups in total. The van der Waals surface area contributed by atoms with Crippen molar-refractivity contribution < 1.29 is 4.74 Å². The van der Waals surface area contributed by atoms with Gasteiger partial charge in [-0.3, -0.25) is 0 Å². The minimum absolute atomic E-state index is 0.0531. The van der Waals surface area contributed by atoms with E-state index < -0.39 is 0 Å². The third kappa shape index (κ3) is 3.81. The fourth-order valence-corrected chi connectivity index (χ4v) is 2.67. The molecular formula is C16H22N2OS. The first kappa shape index (κ1) is 15.0. The van der Waals surface area contributed by atoms with Gasteiger partial charge in [-0.25, -0.2) is 4.98 Å². The van der Waals surface area contributed by atoms with Crippen molar-refractivity contribution in [3.05, 3.63) is 45.9 Å². The van der Waals surface area contributed by atoms with Crippen LogP contribution in [0.1, 0.15) is 50.0 Å². The lowest BCUT2D eigenvalue weighted by molar-refractivity contribution is 0.304. The second-order valence-electron chi connectivity index (χ2n) is 6.02. The monoisotopic (exact) mass is 290 g/mol.